The third-order valence-electron chi connectivity index (χ3n) is 4.71. The molecule has 0 spiro atoms. The van der Waals surface area contributed by atoms with Crippen molar-refractivity contribution in [3.05, 3.63) is 45.9 Å². The quantitative estimate of drug-likeness (QED) is 0.515. The Morgan fingerprint density at radius 3 is 2.38 bits per heavy atom. The summed E-state index contributed by atoms with van der Waals surface area (Å²) in [6, 6.07) is 6.84. The minimum atomic E-state index is -3.44. The van der Waals surface area contributed by atoms with Gasteiger partial charge in [-0.3, -0.25) is 4.79 Å². The fourth-order valence-corrected chi connectivity index (χ4v) is 5.31. The van der Waals surface area contributed by atoms with Crippen molar-refractivity contribution in [3.63, 3.8) is 0 Å². The lowest BCUT2D eigenvalue weighted by Crippen LogP contribution is -2.30. The molecule has 0 saturated carbocycles. The number of hydrogen-bond acceptors (Lipinski definition) is 5. The number of aryl methyl sites for hydroxylation is 3. The average molecular weight is 438 g/mol. The van der Waals surface area contributed by atoms with Crippen LogP contribution in [0.1, 0.15) is 49.4 Å². The minimum absolute atomic E-state index is 0.0231. The van der Waals surface area contributed by atoms with Crippen LogP contribution in [0.25, 0.3) is 0 Å². The van der Waals surface area contributed by atoms with Crippen LogP contribution in [0.3, 0.4) is 0 Å². The van der Waals surface area contributed by atoms with E-state index in [2.05, 4.69) is 15.7 Å². The molecule has 0 unspecified atom stereocenters. The number of carbonyl (C=O) groups excluding carboxylic acids is 1. The van der Waals surface area contributed by atoms with Crippen molar-refractivity contribution >= 4 is 27.3 Å². The highest BCUT2D eigenvalue weighted by molar-refractivity contribution is 7.89. The lowest BCUT2D eigenvalue weighted by atomic mass is 10.1. The molecule has 2 rings (SSSR count). The van der Waals surface area contributed by atoms with Gasteiger partial charge in [0, 0.05) is 37.1 Å². The molecule has 1 N–H and O–H groups in total. The highest BCUT2D eigenvalue weighted by atomic mass is 32.2. The van der Waals surface area contributed by atoms with E-state index in [1.54, 1.807) is 35.6 Å². The summed E-state index contributed by atoms with van der Waals surface area (Å²) >= 11 is 1.69. The fourth-order valence-electron chi connectivity index (χ4n) is 3.03. The van der Waals surface area contributed by atoms with Crippen LogP contribution < -0.4 is 5.32 Å². The van der Waals surface area contributed by atoms with Crippen molar-refractivity contribution in [2.75, 3.05) is 19.6 Å². The number of benzene rings is 1. The van der Waals surface area contributed by atoms with Crippen molar-refractivity contribution in [2.45, 2.75) is 57.8 Å². The molecule has 8 heteroatoms. The van der Waals surface area contributed by atoms with Gasteiger partial charge in [0.2, 0.25) is 15.9 Å². The number of thiazole rings is 1. The number of hydrogen-bond donors (Lipinski definition) is 1. The van der Waals surface area contributed by atoms with E-state index in [0.29, 0.717) is 37.4 Å². The lowest BCUT2D eigenvalue weighted by Gasteiger charge is -2.18. The monoisotopic (exact) mass is 437 g/mol. The summed E-state index contributed by atoms with van der Waals surface area (Å²) in [4.78, 5) is 16.8. The van der Waals surface area contributed by atoms with Crippen LogP contribution in [0.4, 0.5) is 0 Å². The first-order valence-corrected chi connectivity index (χ1v) is 12.5. The maximum absolute atomic E-state index is 12.5. The summed E-state index contributed by atoms with van der Waals surface area (Å²) in [6.07, 6.45) is 3.89. The SMILES string of the molecule is CCN(CC)S(=O)(=O)c1ccc(CCC(=O)NCCCCc2nc(C)cs2)cc1. The zero-order valence-corrected chi connectivity index (χ0v) is 19.1. The van der Waals surface area contributed by atoms with E-state index in [1.165, 1.54) is 4.31 Å². The Hall–Kier alpha value is -1.77. The fraction of sp³-hybridized carbons (Fsp3) is 0.524. The van der Waals surface area contributed by atoms with Crippen molar-refractivity contribution < 1.29 is 13.2 Å². The normalized spacial score (nSPS) is 11.7. The van der Waals surface area contributed by atoms with Crippen LogP contribution in [-0.4, -0.2) is 43.2 Å². The molecule has 0 aliphatic heterocycles. The Morgan fingerprint density at radius 2 is 1.79 bits per heavy atom. The van der Waals surface area contributed by atoms with Gasteiger partial charge in [-0.1, -0.05) is 26.0 Å². The van der Waals surface area contributed by atoms with E-state index in [-0.39, 0.29) is 5.91 Å². The summed E-state index contributed by atoms with van der Waals surface area (Å²) < 4.78 is 26.4. The number of amides is 1. The number of aromatic nitrogens is 1. The van der Waals surface area contributed by atoms with Gasteiger partial charge in [-0.25, -0.2) is 13.4 Å². The molecule has 0 bridgehead atoms. The summed E-state index contributed by atoms with van der Waals surface area (Å²) in [6.45, 7) is 7.22. The molecule has 29 heavy (non-hydrogen) atoms. The molecule has 1 amide bonds. The van der Waals surface area contributed by atoms with Crippen LogP contribution in [0.5, 0.6) is 0 Å². The average Bonchev–Trinajstić information content (AvgIpc) is 3.12. The van der Waals surface area contributed by atoms with Crippen LogP contribution >= 0.6 is 11.3 Å². The van der Waals surface area contributed by atoms with E-state index >= 15 is 0 Å². The maximum Gasteiger partial charge on any atom is 0.243 e. The second kappa shape index (κ2) is 11.4. The minimum Gasteiger partial charge on any atom is -0.356 e. The Kier molecular flexibility index (Phi) is 9.26. The molecule has 0 aliphatic rings. The van der Waals surface area contributed by atoms with E-state index in [0.717, 1.165) is 35.5 Å². The molecule has 1 aromatic carbocycles. The molecule has 2 aromatic rings. The summed E-state index contributed by atoms with van der Waals surface area (Å²) in [5, 5.41) is 6.16. The summed E-state index contributed by atoms with van der Waals surface area (Å²) in [5.41, 5.74) is 2.02. The first-order valence-electron chi connectivity index (χ1n) is 10.1. The molecule has 0 radical (unpaired) electrons. The number of unbranched alkanes of at least 4 members (excludes halogenated alkanes) is 1. The Morgan fingerprint density at radius 1 is 1.10 bits per heavy atom. The molecule has 1 heterocycles. The number of nitrogens with one attached hydrogen (secondary N) is 1. The first kappa shape index (κ1) is 23.5. The van der Waals surface area contributed by atoms with Gasteiger partial charge in [-0.2, -0.15) is 4.31 Å². The third-order valence-corrected chi connectivity index (χ3v) is 7.80. The van der Waals surface area contributed by atoms with Crippen molar-refractivity contribution in [2.24, 2.45) is 0 Å². The van der Waals surface area contributed by atoms with Gasteiger partial charge in [0.05, 0.1) is 9.90 Å². The molecular formula is C21H31N3O3S2. The Balaban J connectivity index is 1.70. The molecule has 0 aliphatic carbocycles. The Labute approximate surface area is 178 Å². The number of nitrogens with zero attached hydrogens (tertiary/aromatic N) is 2. The zero-order valence-electron chi connectivity index (χ0n) is 17.5. The summed E-state index contributed by atoms with van der Waals surface area (Å²) in [7, 11) is -3.44. The lowest BCUT2D eigenvalue weighted by molar-refractivity contribution is -0.121. The van der Waals surface area contributed by atoms with Crippen molar-refractivity contribution in [3.8, 4) is 0 Å². The van der Waals surface area contributed by atoms with Crippen molar-refractivity contribution in [1.82, 2.24) is 14.6 Å². The van der Waals surface area contributed by atoms with Crippen molar-refractivity contribution in [1.29, 1.82) is 0 Å². The van der Waals surface area contributed by atoms with Gasteiger partial charge in [-0.15, -0.1) is 11.3 Å². The second-order valence-corrected chi connectivity index (χ2v) is 9.80. The predicted molar refractivity (Wildman–Crippen MR) is 118 cm³/mol. The number of rotatable bonds is 12. The molecule has 1 aromatic heterocycles. The van der Waals surface area contributed by atoms with Crippen LogP contribution in [0.15, 0.2) is 34.5 Å². The number of sulfonamides is 1. The van der Waals surface area contributed by atoms with Gasteiger partial charge in [0.15, 0.2) is 0 Å². The molecule has 0 fully saturated rings. The smallest absolute Gasteiger partial charge is 0.243 e. The largest absolute Gasteiger partial charge is 0.356 e. The molecule has 0 atom stereocenters. The van der Waals surface area contributed by atoms with E-state index in [9.17, 15) is 13.2 Å². The van der Waals surface area contributed by atoms with Gasteiger partial charge in [0.1, 0.15) is 0 Å². The molecular weight excluding hydrogens is 406 g/mol. The van der Waals surface area contributed by atoms with E-state index < -0.39 is 10.0 Å². The molecule has 160 valence electrons. The maximum atomic E-state index is 12.5. The van der Waals surface area contributed by atoms with Gasteiger partial charge >= 0.3 is 0 Å². The zero-order chi connectivity index (χ0) is 21.3. The van der Waals surface area contributed by atoms with Crippen LogP contribution in [0.2, 0.25) is 0 Å². The van der Waals surface area contributed by atoms with Gasteiger partial charge in [-0.05, 0) is 50.3 Å². The van der Waals surface area contributed by atoms with Crippen LogP contribution in [0, 0.1) is 6.92 Å². The molecule has 0 saturated heterocycles. The van der Waals surface area contributed by atoms with E-state index in [1.807, 2.05) is 20.8 Å². The van der Waals surface area contributed by atoms with Gasteiger partial charge < -0.3 is 5.32 Å². The Bertz CT molecular complexity index is 873. The molecule has 6 nitrogen and oxygen atoms in total. The standard InChI is InChI=1S/C21H31N3O3S2/c1-4-24(5-2)29(26,27)19-12-9-18(10-13-19)11-14-20(25)22-15-7-6-8-21-23-17(3)16-28-21/h9-10,12-13,16H,4-8,11,14-15H2,1-3H3,(H,22,25). The topological polar surface area (TPSA) is 79.4 Å². The predicted octanol–water partition coefficient (Wildman–Crippen LogP) is 3.55. The van der Waals surface area contributed by atoms with Crippen LogP contribution in [-0.2, 0) is 27.7 Å². The van der Waals surface area contributed by atoms with Gasteiger partial charge in [0.25, 0.3) is 0 Å². The second-order valence-electron chi connectivity index (χ2n) is 6.92. The third kappa shape index (κ3) is 7.21. The highest BCUT2D eigenvalue weighted by Crippen LogP contribution is 2.17. The van der Waals surface area contributed by atoms with E-state index in [4.69, 9.17) is 0 Å². The highest BCUT2D eigenvalue weighted by Gasteiger charge is 2.21. The summed E-state index contributed by atoms with van der Waals surface area (Å²) in [5.74, 6) is 0.0231. The first-order chi connectivity index (χ1) is 13.9. The number of carbonyl (C=O) groups is 1.